The van der Waals surface area contributed by atoms with Crippen molar-refractivity contribution < 1.29 is 4.74 Å². The van der Waals surface area contributed by atoms with Gasteiger partial charge in [-0.15, -0.1) is 0 Å². The van der Waals surface area contributed by atoms with E-state index in [1.165, 1.54) is 5.56 Å². The molecule has 39 heavy (non-hydrogen) atoms. The number of para-hydroxylation sites is 2. The molecule has 0 saturated carbocycles. The van der Waals surface area contributed by atoms with E-state index in [0.717, 1.165) is 45.1 Å². The number of anilines is 3. The molecule has 6 rings (SSSR count). The van der Waals surface area contributed by atoms with Crippen LogP contribution in [-0.2, 0) is 0 Å². The van der Waals surface area contributed by atoms with Crippen LogP contribution in [-0.4, -0.2) is 0 Å². The van der Waals surface area contributed by atoms with Crippen molar-refractivity contribution in [2.45, 2.75) is 6.92 Å². The lowest BCUT2D eigenvalue weighted by Gasteiger charge is -2.26. The molecule has 186 valence electrons. The smallest absolute Gasteiger partial charge is 0.202 e. The van der Waals surface area contributed by atoms with Crippen LogP contribution in [0.4, 0.5) is 17.1 Å². The Balaban J connectivity index is 1.43. The van der Waals surface area contributed by atoms with Gasteiger partial charge < -0.3 is 9.64 Å². The maximum absolute atomic E-state index is 7.99. The normalized spacial score (nSPS) is 13.4. The van der Waals surface area contributed by atoms with Crippen LogP contribution < -0.4 is 9.64 Å². The third-order valence-electron chi connectivity index (χ3n) is 6.80. The van der Waals surface area contributed by atoms with Gasteiger partial charge in [-0.3, -0.25) is 0 Å². The average molecular weight is 503 g/mol. The van der Waals surface area contributed by atoms with Gasteiger partial charge in [-0.25, -0.2) is 4.85 Å². The summed E-state index contributed by atoms with van der Waals surface area (Å²) in [6.45, 7) is 10.1. The van der Waals surface area contributed by atoms with Gasteiger partial charge in [0.15, 0.2) is 0 Å². The summed E-state index contributed by atoms with van der Waals surface area (Å²) in [4.78, 5) is 6.18. The average Bonchev–Trinajstić information content (AvgIpc) is 3.00. The number of rotatable bonds is 5. The molecule has 1 heterocycles. The lowest BCUT2D eigenvalue weighted by Crippen LogP contribution is -2.10. The molecule has 0 saturated heterocycles. The highest BCUT2D eigenvalue weighted by atomic mass is 16.5. The van der Waals surface area contributed by atoms with Crippen molar-refractivity contribution in [3.63, 3.8) is 0 Å². The van der Waals surface area contributed by atoms with Crippen LogP contribution in [0.25, 0.3) is 21.9 Å². The number of ether oxygens (including phenoxy) is 1. The zero-order chi connectivity index (χ0) is 26.6. The summed E-state index contributed by atoms with van der Waals surface area (Å²) in [5.41, 5.74) is 8.68. The van der Waals surface area contributed by atoms with Crippen LogP contribution in [0.3, 0.4) is 0 Å². The van der Waals surface area contributed by atoms with E-state index < -0.39 is 0 Å². The van der Waals surface area contributed by atoms with Crippen LogP contribution in [0, 0.1) is 13.5 Å². The van der Waals surface area contributed by atoms with Crippen molar-refractivity contribution in [3.8, 4) is 5.75 Å². The quantitative estimate of drug-likeness (QED) is 0.223. The summed E-state index contributed by atoms with van der Waals surface area (Å²) in [5.74, 6) is 1.46. The van der Waals surface area contributed by atoms with E-state index in [0.29, 0.717) is 11.5 Å². The topological polar surface area (TPSA) is 16.8 Å². The van der Waals surface area contributed by atoms with Gasteiger partial charge in [-0.1, -0.05) is 84.4 Å². The van der Waals surface area contributed by atoms with E-state index in [2.05, 4.69) is 89.5 Å². The fraction of sp³-hybridized carbons (Fsp3) is 0.0278. The molecule has 0 aromatic heterocycles. The Morgan fingerprint density at radius 2 is 1.21 bits per heavy atom. The van der Waals surface area contributed by atoms with E-state index in [-0.39, 0.29) is 0 Å². The van der Waals surface area contributed by atoms with Gasteiger partial charge in [-0.2, -0.15) is 0 Å². The van der Waals surface area contributed by atoms with E-state index in [4.69, 9.17) is 11.3 Å². The van der Waals surface area contributed by atoms with Gasteiger partial charge in [0, 0.05) is 28.2 Å². The number of hydrogen-bond acceptors (Lipinski definition) is 2. The molecular weight excluding hydrogens is 476 g/mol. The third kappa shape index (κ3) is 4.84. The summed E-state index contributed by atoms with van der Waals surface area (Å²) in [6.07, 6.45) is 1.99. The SMILES string of the molecule is [C-]#[N+]C(=C1C=C(c2ccc(N(c3ccccc3)c3ccc(C)cc3)cc2)Oc2ccccc21)c1ccccc1. The van der Waals surface area contributed by atoms with Gasteiger partial charge >= 0.3 is 0 Å². The second-order valence-corrected chi connectivity index (χ2v) is 9.40. The summed E-state index contributed by atoms with van der Waals surface area (Å²) >= 11 is 0. The summed E-state index contributed by atoms with van der Waals surface area (Å²) in [7, 11) is 0. The Morgan fingerprint density at radius 1 is 0.641 bits per heavy atom. The number of nitrogens with zero attached hydrogens (tertiary/aromatic N) is 2. The fourth-order valence-electron chi connectivity index (χ4n) is 4.84. The monoisotopic (exact) mass is 502 g/mol. The van der Waals surface area contributed by atoms with Gasteiger partial charge in [0.05, 0.1) is 6.57 Å². The molecular formula is C36H26N2O. The molecule has 3 heteroatoms. The van der Waals surface area contributed by atoms with Gasteiger partial charge in [0.2, 0.25) is 5.70 Å². The summed E-state index contributed by atoms with van der Waals surface area (Å²) in [5, 5.41) is 0. The molecule has 0 N–H and O–H groups in total. The highest BCUT2D eigenvalue weighted by molar-refractivity contribution is 6.03. The minimum absolute atomic E-state index is 0.607. The number of fused-ring (bicyclic) bond motifs is 1. The number of allylic oxidation sites excluding steroid dienone is 2. The zero-order valence-electron chi connectivity index (χ0n) is 21.6. The molecule has 1 aliphatic rings. The van der Waals surface area contributed by atoms with Crippen LogP contribution in [0.1, 0.15) is 22.3 Å². The van der Waals surface area contributed by atoms with E-state index in [9.17, 15) is 0 Å². The summed E-state index contributed by atoms with van der Waals surface area (Å²) < 4.78 is 6.37. The van der Waals surface area contributed by atoms with Crippen molar-refractivity contribution in [2.24, 2.45) is 0 Å². The van der Waals surface area contributed by atoms with Crippen molar-refractivity contribution in [1.82, 2.24) is 0 Å². The van der Waals surface area contributed by atoms with E-state index in [1.54, 1.807) is 0 Å². The van der Waals surface area contributed by atoms with Crippen molar-refractivity contribution in [1.29, 1.82) is 0 Å². The van der Waals surface area contributed by atoms with Crippen LogP contribution >= 0.6 is 0 Å². The predicted molar refractivity (Wildman–Crippen MR) is 161 cm³/mol. The molecule has 0 spiro atoms. The molecule has 1 aliphatic heterocycles. The maximum Gasteiger partial charge on any atom is 0.202 e. The van der Waals surface area contributed by atoms with Crippen LogP contribution in [0.5, 0.6) is 5.75 Å². The van der Waals surface area contributed by atoms with E-state index in [1.807, 2.05) is 66.7 Å². The second-order valence-electron chi connectivity index (χ2n) is 9.40. The molecule has 0 amide bonds. The molecule has 0 radical (unpaired) electrons. The summed E-state index contributed by atoms with van der Waals surface area (Å²) in [6, 6.07) is 45.1. The molecule has 0 bridgehead atoms. The van der Waals surface area contributed by atoms with Crippen LogP contribution in [0.2, 0.25) is 0 Å². The largest absolute Gasteiger partial charge is 0.456 e. The highest BCUT2D eigenvalue weighted by Crippen LogP contribution is 2.42. The first-order valence-corrected chi connectivity index (χ1v) is 12.9. The highest BCUT2D eigenvalue weighted by Gasteiger charge is 2.22. The molecule has 3 nitrogen and oxygen atoms in total. The molecule has 0 aliphatic carbocycles. The molecule has 0 fully saturated rings. The fourth-order valence-corrected chi connectivity index (χ4v) is 4.84. The minimum Gasteiger partial charge on any atom is -0.456 e. The standard InChI is InChI=1S/C36H26N2O/c1-26-17-21-30(22-18-26)38(29-13-7-4-8-14-29)31-23-19-27(20-24-31)35-25-33(32-15-9-10-16-34(32)39-35)36(37-2)28-11-5-3-6-12-28/h3-25H,1H3. The number of benzene rings is 5. The Morgan fingerprint density at radius 3 is 1.87 bits per heavy atom. The van der Waals surface area contributed by atoms with Gasteiger partial charge in [-0.05, 0) is 78.7 Å². The molecule has 5 aromatic rings. The Hall–Kier alpha value is -5.33. The minimum atomic E-state index is 0.607. The molecule has 0 atom stereocenters. The number of aryl methyl sites for hydroxylation is 1. The Labute approximate surface area is 229 Å². The van der Waals surface area contributed by atoms with Crippen molar-refractivity contribution >= 4 is 34.1 Å². The first-order valence-electron chi connectivity index (χ1n) is 12.9. The van der Waals surface area contributed by atoms with Gasteiger partial charge in [0.25, 0.3) is 0 Å². The second kappa shape index (κ2) is 10.6. The van der Waals surface area contributed by atoms with Crippen molar-refractivity contribution in [3.05, 3.63) is 173 Å². The molecule has 5 aromatic carbocycles. The first-order chi connectivity index (χ1) is 19.2. The number of hydrogen-bond donors (Lipinski definition) is 0. The maximum atomic E-state index is 7.99. The Bertz CT molecular complexity index is 1710. The predicted octanol–water partition coefficient (Wildman–Crippen LogP) is 9.69. The lowest BCUT2D eigenvalue weighted by molar-refractivity contribution is 0.509. The first kappa shape index (κ1) is 24.0. The zero-order valence-corrected chi connectivity index (χ0v) is 21.6. The van der Waals surface area contributed by atoms with Gasteiger partial charge in [0.1, 0.15) is 11.5 Å². The van der Waals surface area contributed by atoms with Crippen molar-refractivity contribution in [2.75, 3.05) is 4.90 Å². The third-order valence-corrected chi connectivity index (χ3v) is 6.80. The lowest BCUT2D eigenvalue weighted by atomic mass is 9.95. The van der Waals surface area contributed by atoms with E-state index >= 15 is 0 Å². The Kier molecular flexibility index (Phi) is 6.52. The van der Waals surface area contributed by atoms with Crippen LogP contribution in [0.15, 0.2) is 140 Å². The molecule has 0 unspecified atom stereocenters.